The van der Waals surface area contributed by atoms with Crippen LogP contribution in [0.4, 0.5) is 0 Å². The predicted molar refractivity (Wildman–Crippen MR) is 87.4 cm³/mol. The molecular formula is C17H25N3O3. The zero-order valence-corrected chi connectivity index (χ0v) is 13.9. The first-order chi connectivity index (χ1) is 10.9. The van der Waals surface area contributed by atoms with Gasteiger partial charge in [-0.25, -0.2) is 0 Å². The highest BCUT2D eigenvalue weighted by Gasteiger charge is 2.45. The Morgan fingerprint density at radius 2 is 2.09 bits per heavy atom. The van der Waals surface area contributed by atoms with Crippen LogP contribution in [0.3, 0.4) is 0 Å². The van der Waals surface area contributed by atoms with E-state index in [9.17, 15) is 14.7 Å². The number of aliphatic hydroxyl groups is 1. The Morgan fingerprint density at radius 3 is 2.83 bits per heavy atom. The summed E-state index contributed by atoms with van der Waals surface area (Å²) in [6.07, 6.45) is 3.85. The van der Waals surface area contributed by atoms with Crippen LogP contribution in [0.15, 0.2) is 23.1 Å². The van der Waals surface area contributed by atoms with E-state index in [-0.39, 0.29) is 23.0 Å². The quantitative estimate of drug-likeness (QED) is 0.809. The number of likely N-dealkylation sites (tertiary alicyclic amines) is 2. The average Bonchev–Trinajstić information content (AvgIpc) is 2.53. The molecule has 3 rings (SSSR count). The van der Waals surface area contributed by atoms with Gasteiger partial charge >= 0.3 is 0 Å². The molecule has 0 saturated carbocycles. The topological polar surface area (TPSA) is 65.8 Å². The maximum absolute atomic E-state index is 12.8. The molecule has 0 aliphatic carbocycles. The van der Waals surface area contributed by atoms with Crippen molar-refractivity contribution >= 4 is 5.91 Å². The van der Waals surface area contributed by atoms with Gasteiger partial charge in [-0.2, -0.15) is 0 Å². The van der Waals surface area contributed by atoms with E-state index in [1.165, 1.54) is 10.6 Å². The van der Waals surface area contributed by atoms with E-state index in [1.54, 1.807) is 24.2 Å². The van der Waals surface area contributed by atoms with Crippen molar-refractivity contribution in [2.45, 2.75) is 25.4 Å². The van der Waals surface area contributed by atoms with Crippen molar-refractivity contribution in [2.24, 2.45) is 12.5 Å². The lowest BCUT2D eigenvalue weighted by molar-refractivity contribution is -0.0731. The van der Waals surface area contributed by atoms with Crippen LogP contribution >= 0.6 is 0 Å². The number of amides is 1. The van der Waals surface area contributed by atoms with Gasteiger partial charge in [0.25, 0.3) is 11.5 Å². The third-order valence-corrected chi connectivity index (χ3v) is 5.32. The van der Waals surface area contributed by atoms with E-state index in [4.69, 9.17) is 0 Å². The van der Waals surface area contributed by atoms with Crippen LogP contribution in [-0.2, 0) is 7.05 Å². The van der Waals surface area contributed by atoms with Crippen LogP contribution in [0.25, 0.3) is 0 Å². The molecule has 23 heavy (non-hydrogen) atoms. The van der Waals surface area contributed by atoms with Gasteiger partial charge in [0.05, 0.1) is 6.10 Å². The summed E-state index contributed by atoms with van der Waals surface area (Å²) >= 11 is 0. The van der Waals surface area contributed by atoms with Crippen molar-refractivity contribution in [3.63, 3.8) is 0 Å². The number of hydrogen-bond acceptors (Lipinski definition) is 4. The molecule has 1 spiro atoms. The smallest absolute Gasteiger partial charge is 0.254 e. The summed E-state index contributed by atoms with van der Waals surface area (Å²) in [5, 5.41) is 10.5. The molecule has 126 valence electrons. The molecule has 6 heteroatoms. The number of aliphatic hydroxyl groups excluding tert-OH is 1. The Labute approximate surface area is 136 Å². The van der Waals surface area contributed by atoms with E-state index in [1.807, 2.05) is 0 Å². The number of carbonyl (C=O) groups is 1. The summed E-state index contributed by atoms with van der Waals surface area (Å²) in [5.74, 6) is -0.109. The van der Waals surface area contributed by atoms with Gasteiger partial charge in [0.2, 0.25) is 0 Å². The summed E-state index contributed by atoms with van der Waals surface area (Å²) in [5.41, 5.74) is 0.0181. The molecule has 2 aliphatic rings. The molecule has 1 N–H and O–H groups in total. The lowest BCUT2D eigenvalue weighted by Crippen LogP contribution is -2.59. The van der Waals surface area contributed by atoms with Gasteiger partial charge in [-0.1, -0.05) is 0 Å². The second-order valence-electron chi connectivity index (χ2n) is 7.10. The number of hydrogen-bond donors (Lipinski definition) is 1. The number of aryl methyl sites for hydroxylation is 1. The highest BCUT2D eigenvalue weighted by Crippen LogP contribution is 2.38. The lowest BCUT2D eigenvalue weighted by atomic mass is 9.71. The van der Waals surface area contributed by atoms with Gasteiger partial charge in [-0.05, 0) is 32.4 Å². The van der Waals surface area contributed by atoms with Crippen LogP contribution in [0.2, 0.25) is 0 Å². The van der Waals surface area contributed by atoms with Gasteiger partial charge in [-0.3, -0.25) is 9.59 Å². The van der Waals surface area contributed by atoms with Crippen LogP contribution < -0.4 is 5.56 Å². The van der Waals surface area contributed by atoms with Gasteiger partial charge in [-0.15, -0.1) is 0 Å². The maximum Gasteiger partial charge on any atom is 0.254 e. The average molecular weight is 319 g/mol. The van der Waals surface area contributed by atoms with Crippen LogP contribution in [0.1, 0.15) is 29.6 Å². The maximum atomic E-state index is 12.8. The zero-order chi connectivity index (χ0) is 16.6. The Hall–Kier alpha value is -1.66. The van der Waals surface area contributed by atoms with E-state index in [0.29, 0.717) is 18.7 Å². The predicted octanol–water partition coefficient (Wildman–Crippen LogP) is 0.304. The fourth-order valence-electron chi connectivity index (χ4n) is 3.97. The normalized spacial score (nSPS) is 29.0. The van der Waals surface area contributed by atoms with Gasteiger partial charge < -0.3 is 19.5 Å². The summed E-state index contributed by atoms with van der Waals surface area (Å²) < 4.78 is 1.45. The third kappa shape index (κ3) is 3.05. The second-order valence-corrected chi connectivity index (χ2v) is 7.10. The monoisotopic (exact) mass is 319 g/mol. The van der Waals surface area contributed by atoms with E-state index < -0.39 is 0 Å². The lowest BCUT2D eigenvalue weighted by Gasteiger charge is -2.50. The molecule has 2 atom stereocenters. The summed E-state index contributed by atoms with van der Waals surface area (Å²) in [6, 6.07) is 3.08. The van der Waals surface area contributed by atoms with Gasteiger partial charge in [0.1, 0.15) is 0 Å². The van der Waals surface area contributed by atoms with Crippen molar-refractivity contribution in [1.29, 1.82) is 0 Å². The highest BCUT2D eigenvalue weighted by atomic mass is 16.3. The molecule has 0 unspecified atom stereocenters. The SMILES string of the molecule is CN1CC[C@H](O)[C@@]2(CCCN(C(=O)c3ccn(C)c(=O)c3)C2)C1. The summed E-state index contributed by atoms with van der Waals surface area (Å²) in [7, 11) is 3.73. The van der Waals surface area contributed by atoms with Crippen LogP contribution in [-0.4, -0.2) is 64.7 Å². The van der Waals surface area contributed by atoms with Crippen molar-refractivity contribution in [1.82, 2.24) is 14.4 Å². The minimum absolute atomic E-state index is 0.109. The summed E-state index contributed by atoms with van der Waals surface area (Å²) in [6.45, 7) is 2.96. The third-order valence-electron chi connectivity index (χ3n) is 5.32. The number of pyridine rings is 1. The second kappa shape index (κ2) is 6.09. The first-order valence-electron chi connectivity index (χ1n) is 8.24. The molecule has 2 aliphatic heterocycles. The Bertz CT molecular complexity index is 657. The highest BCUT2D eigenvalue weighted by molar-refractivity contribution is 5.94. The fourth-order valence-corrected chi connectivity index (χ4v) is 3.97. The molecule has 3 heterocycles. The molecular weight excluding hydrogens is 294 g/mol. The number of aromatic nitrogens is 1. The minimum atomic E-state index is -0.363. The number of carbonyl (C=O) groups excluding carboxylic acids is 1. The molecule has 6 nitrogen and oxygen atoms in total. The summed E-state index contributed by atoms with van der Waals surface area (Å²) in [4.78, 5) is 28.6. The Balaban J connectivity index is 1.81. The molecule has 0 radical (unpaired) electrons. The molecule has 1 amide bonds. The van der Waals surface area contributed by atoms with Gasteiger partial charge in [0, 0.05) is 56.5 Å². The van der Waals surface area contributed by atoms with Crippen molar-refractivity contribution in [3.05, 3.63) is 34.2 Å². The minimum Gasteiger partial charge on any atom is -0.392 e. The van der Waals surface area contributed by atoms with E-state index in [0.717, 1.165) is 32.4 Å². The molecule has 1 aromatic heterocycles. The van der Waals surface area contributed by atoms with E-state index in [2.05, 4.69) is 11.9 Å². The fraction of sp³-hybridized carbons (Fsp3) is 0.647. The van der Waals surface area contributed by atoms with Crippen LogP contribution in [0.5, 0.6) is 0 Å². The molecule has 1 aromatic rings. The van der Waals surface area contributed by atoms with Crippen molar-refractivity contribution in [2.75, 3.05) is 33.2 Å². The molecule has 0 bridgehead atoms. The van der Waals surface area contributed by atoms with E-state index >= 15 is 0 Å². The molecule has 2 fully saturated rings. The first-order valence-corrected chi connectivity index (χ1v) is 8.24. The largest absolute Gasteiger partial charge is 0.392 e. The van der Waals surface area contributed by atoms with Crippen molar-refractivity contribution in [3.8, 4) is 0 Å². The standard InChI is InChI=1S/C17H25N3O3/c1-18-8-5-14(21)17(11-18)6-3-7-20(12-17)16(23)13-4-9-19(2)15(22)10-13/h4,9-10,14,21H,3,5-8,11-12H2,1-2H3/t14-,17-/m0/s1. The number of rotatable bonds is 1. The van der Waals surface area contributed by atoms with Crippen molar-refractivity contribution < 1.29 is 9.90 Å². The number of piperidine rings is 2. The Morgan fingerprint density at radius 1 is 1.30 bits per heavy atom. The molecule has 0 aromatic carbocycles. The Kier molecular flexibility index (Phi) is 4.29. The van der Waals surface area contributed by atoms with Crippen LogP contribution in [0, 0.1) is 5.41 Å². The van der Waals surface area contributed by atoms with Gasteiger partial charge in [0.15, 0.2) is 0 Å². The first kappa shape index (κ1) is 16.2. The number of nitrogens with zero attached hydrogens (tertiary/aromatic N) is 3. The molecule has 2 saturated heterocycles. The zero-order valence-electron chi connectivity index (χ0n) is 13.9.